The number of hydrogen-bond donors (Lipinski definition) is 2. The van der Waals surface area contributed by atoms with E-state index in [2.05, 4.69) is 10.6 Å². The molecule has 0 aliphatic carbocycles. The van der Waals surface area contributed by atoms with E-state index in [0.717, 1.165) is 16.9 Å². The average molecular weight is 264 g/mol. The molecule has 106 valence electrons. The molecule has 1 unspecified atom stereocenters. The van der Waals surface area contributed by atoms with Crippen LogP contribution < -0.4 is 15.4 Å². The quantitative estimate of drug-likeness (QED) is 0.828. The normalized spacial score (nSPS) is 12.3. The number of methoxy groups -OCH3 is 1. The van der Waals surface area contributed by atoms with Crippen LogP contribution in [-0.2, 0) is 4.79 Å². The zero-order valence-electron chi connectivity index (χ0n) is 12.4. The van der Waals surface area contributed by atoms with Gasteiger partial charge < -0.3 is 15.4 Å². The molecule has 0 aliphatic heterocycles. The minimum atomic E-state index is -0.0729. The van der Waals surface area contributed by atoms with Gasteiger partial charge in [0.25, 0.3) is 0 Å². The fourth-order valence-corrected chi connectivity index (χ4v) is 1.86. The Kier molecular flexibility index (Phi) is 5.83. The van der Waals surface area contributed by atoms with Gasteiger partial charge in [-0.05, 0) is 19.9 Å². The Morgan fingerprint density at radius 2 is 2.00 bits per heavy atom. The van der Waals surface area contributed by atoms with Crippen LogP contribution in [0.1, 0.15) is 37.9 Å². The van der Waals surface area contributed by atoms with Gasteiger partial charge >= 0.3 is 0 Å². The summed E-state index contributed by atoms with van der Waals surface area (Å²) in [6, 6.07) is 6.20. The number of carbonyl (C=O) groups excluding carboxylic acids is 1. The van der Waals surface area contributed by atoms with Crippen LogP contribution in [0, 0.1) is 6.92 Å². The molecule has 0 radical (unpaired) electrons. The zero-order chi connectivity index (χ0) is 14.4. The summed E-state index contributed by atoms with van der Waals surface area (Å²) in [5.74, 6) is 0.792. The third-order valence-electron chi connectivity index (χ3n) is 2.90. The Bertz CT molecular complexity index is 430. The molecule has 4 heteroatoms. The van der Waals surface area contributed by atoms with Crippen LogP contribution in [0.5, 0.6) is 5.75 Å². The fraction of sp³-hybridized carbons (Fsp3) is 0.533. The monoisotopic (exact) mass is 264 g/mol. The van der Waals surface area contributed by atoms with Crippen LogP contribution in [0.2, 0.25) is 0 Å². The molecule has 1 aromatic rings. The van der Waals surface area contributed by atoms with Gasteiger partial charge in [0, 0.05) is 11.6 Å². The lowest BCUT2D eigenvalue weighted by Crippen LogP contribution is -2.38. The highest BCUT2D eigenvalue weighted by molar-refractivity contribution is 5.78. The maximum absolute atomic E-state index is 11.8. The van der Waals surface area contributed by atoms with Crippen molar-refractivity contribution in [1.29, 1.82) is 0 Å². The molecule has 1 aromatic carbocycles. The molecule has 0 bridgehead atoms. The molecule has 1 amide bonds. The van der Waals surface area contributed by atoms with Crippen molar-refractivity contribution < 1.29 is 9.53 Å². The van der Waals surface area contributed by atoms with E-state index in [1.54, 1.807) is 7.11 Å². The Morgan fingerprint density at radius 3 is 2.58 bits per heavy atom. The van der Waals surface area contributed by atoms with Gasteiger partial charge in [-0.25, -0.2) is 0 Å². The Morgan fingerprint density at radius 1 is 1.32 bits per heavy atom. The van der Waals surface area contributed by atoms with Crippen LogP contribution in [0.4, 0.5) is 0 Å². The van der Waals surface area contributed by atoms with Crippen molar-refractivity contribution in [2.45, 2.75) is 39.8 Å². The number of rotatable bonds is 6. The minimum Gasteiger partial charge on any atom is -0.496 e. The summed E-state index contributed by atoms with van der Waals surface area (Å²) >= 11 is 0. The van der Waals surface area contributed by atoms with Gasteiger partial charge in [0.05, 0.1) is 19.7 Å². The van der Waals surface area contributed by atoms with E-state index in [1.807, 2.05) is 45.9 Å². The van der Waals surface area contributed by atoms with E-state index >= 15 is 0 Å². The first kappa shape index (κ1) is 15.5. The largest absolute Gasteiger partial charge is 0.496 e. The minimum absolute atomic E-state index is 0.00948. The van der Waals surface area contributed by atoms with Crippen molar-refractivity contribution in [2.24, 2.45) is 0 Å². The maximum Gasteiger partial charge on any atom is 0.234 e. The van der Waals surface area contributed by atoms with Crippen LogP contribution in [0.25, 0.3) is 0 Å². The van der Waals surface area contributed by atoms with Crippen LogP contribution in [0.15, 0.2) is 18.2 Å². The summed E-state index contributed by atoms with van der Waals surface area (Å²) in [5, 5.41) is 6.07. The molecule has 0 spiro atoms. The van der Waals surface area contributed by atoms with Crippen molar-refractivity contribution in [2.75, 3.05) is 13.7 Å². The summed E-state index contributed by atoms with van der Waals surface area (Å²) in [7, 11) is 1.64. The van der Waals surface area contributed by atoms with E-state index in [1.165, 1.54) is 0 Å². The van der Waals surface area contributed by atoms with Gasteiger partial charge in [-0.3, -0.25) is 4.79 Å². The SMILES string of the molecule is COc1ccc(C)cc1C(C)NC(=O)CNC(C)C. The smallest absolute Gasteiger partial charge is 0.234 e. The predicted molar refractivity (Wildman–Crippen MR) is 77.4 cm³/mol. The van der Waals surface area contributed by atoms with E-state index in [4.69, 9.17) is 4.74 Å². The second-order valence-corrected chi connectivity index (χ2v) is 5.07. The lowest BCUT2D eigenvalue weighted by molar-refractivity contribution is -0.121. The average Bonchev–Trinajstić information content (AvgIpc) is 2.36. The topological polar surface area (TPSA) is 50.4 Å². The molecule has 0 saturated carbocycles. The van der Waals surface area contributed by atoms with Gasteiger partial charge in [-0.1, -0.05) is 31.5 Å². The third-order valence-corrected chi connectivity index (χ3v) is 2.90. The van der Waals surface area contributed by atoms with Gasteiger partial charge in [0.2, 0.25) is 5.91 Å². The first-order valence-corrected chi connectivity index (χ1v) is 6.61. The van der Waals surface area contributed by atoms with Crippen molar-refractivity contribution in [1.82, 2.24) is 10.6 Å². The molecule has 1 atom stereocenters. The lowest BCUT2D eigenvalue weighted by Gasteiger charge is -2.18. The van der Waals surface area contributed by atoms with Crippen molar-refractivity contribution in [3.63, 3.8) is 0 Å². The summed E-state index contributed by atoms with van der Waals surface area (Å²) in [5.41, 5.74) is 2.15. The predicted octanol–water partition coefficient (Wildman–Crippen LogP) is 2.18. The summed E-state index contributed by atoms with van der Waals surface area (Å²) in [4.78, 5) is 11.8. The van der Waals surface area contributed by atoms with E-state index < -0.39 is 0 Å². The number of aryl methyl sites for hydroxylation is 1. The number of carbonyl (C=O) groups is 1. The fourth-order valence-electron chi connectivity index (χ4n) is 1.86. The Balaban J connectivity index is 2.69. The number of amides is 1. The molecule has 2 N–H and O–H groups in total. The zero-order valence-corrected chi connectivity index (χ0v) is 12.4. The molecular formula is C15H24N2O2. The number of hydrogen-bond acceptors (Lipinski definition) is 3. The second kappa shape index (κ2) is 7.14. The summed E-state index contributed by atoms with van der Waals surface area (Å²) in [6.45, 7) is 8.35. The third kappa shape index (κ3) is 4.91. The van der Waals surface area contributed by atoms with Crippen molar-refractivity contribution in [3.05, 3.63) is 29.3 Å². The summed E-state index contributed by atoms with van der Waals surface area (Å²) < 4.78 is 5.33. The summed E-state index contributed by atoms with van der Waals surface area (Å²) in [6.07, 6.45) is 0. The molecule has 0 aliphatic rings. The first-order valence-electron chi connectivity index (χ1n) is 6.61. The highest BCUT2D eigenvalue weighted by atomic mass is 16.5. The first-order chi connectivity index (χ1) is 8.93. The van der Waals surface area contributed by atoms with E-state index in [0.29, 0.717) is 12.6 Å². The molecule has 0 aromatic heterocycles. The molecule has 4 nitrogen and oxygen atoms in total. The number of nitrogens with one attached hydrogen (secondary N) is 2. The van der Waals surface area contributed by atoms with E-state index in [-0.39, 0.29) is 11.9 Å². The van der Waals surface area contributed by atoms with E-state index in [9.17, 15) is 4.79 Å². The van der Waals surface area contributed by atoms with Crippen LogP contribution >= 0.6 is 0 Å². The van der Waals surface area contributed by atoms with Crippen LogP contribution in [-0.4, -0.2) is 25.6 Å². The number of benzene rings is 1. The maximum atomic E-state index is 11.8. The molecule has 0 saturated heterocycles. The number of ether oxygens (including phenoxy) is 1. The van der Waals surface area contributed by atoms with Crippen molar-refractivity contribution in [3.8, 4) is 5.75 Å². The molecule has 19 heavy (non-hydrogen) atoms. The molecule has 1 rings (SSSR count). The Labute approximate surface area is 115 Å². The van der Waals surface area contributed by atoms with Gasteiger partial charge in [-0.15, -0.1) is 0 Å². The van der Waals surface area contributed by atoms with Gasteiger partial charge in [-0.2, -0.15) is 0 Å². The van der Waals surface area contributed by atoms with Gasteiger partial charge in [0.1, 0.15) is 5.75 Å². The van der Waals surface area contributed by atoms with Crippen LogP contribution in [0.3, 0.4) is 0 Å². The van der Waals surface area contributed by atoms with Crippen molar-refractivity contribution >= 4 is 5.91 Å². The highest BCUT2D eigenvalue weighted by Crippen LogP contribution is 2.25. The highest BCUT2D eigenvalue weighted by Gasteiger charge is 2.14. The lowest BCUT2D eigenvalue weighted by atomic mass is 10.0. The molecular weight excluding hydrogens is 240 g/mol. The van der Waals surface area contributed by atoms with Gasteiger partial charge in [0.15, 0.2) is 0 Å². The molecule has 0 fully saturated rings. The standard InChI is InChI=1S/C15H24N2O2/c1-10(2)16-9-15(18)17-12(4)13-8-11(3)6-7-14(13)19-5/h6-8,10,12,16H,9H2,1-5H3,(H,17,18). The second-order valence-electron chi connectivity index (χ2n) is 5.07. The Hall–Kier alpha value is -1.55. The molecule has 0 heterocycles.